The quantitative estimate of drug-likeness (QED) is 0.807. The number of carbonyl (C=O) groups excluding carboxylic acids is 1. The van der Waals surface area contributed by atoms with Crippen molar-refractivity contribution in [2.75, 3.05) is 6.54 Å². The van der Waals surface area contributed by atoms with Gasteiger partial charge in [0.15, 0.2) is 0 Å². The summed E-state index contributed by atoms with van der Waals surface area (Å²) in [5.41, 5.74) is 3.12. The molecule has 6 nitrogen and oxygen atoms in total. The number of rotatable bonds is 6. The van der Waals surface area contributed by atoms with Crippen LogP contribution >= 0.6 is 15.9 Å². The van der Waals surface area contributed by atoms with Crippen LogP contribution in [0.5, 0.6) is 0 Å². The molecular weight excluding hydrogens is 334 g/mol. The fraction of sp³-hybridized carbons (Fsp3) is 0.500. The third-order valence-corrected chi connectivity index (χ3v) is 4.09. The maximum Gasteiger partial charge on any atom is 0.241 e. The van der Waals surface area contributed by atoms with Gasteiger partial charge in [0.05, 0.1) is 22.1 Å². The van der Waals surface area contributed by atoms with E-state index in [9.17, 15) is 4.79 Å². The van der Waals surface area contributed by atoms with Crippen LogP contribution in [0.2, 0.25) is 0 Å². The van der Waals surface area contributed by atoms with E-state index < -0.39 is 0 Å². The minimum atomic E-state index is -0.0259. The van der Waals surface area contributed by atoms with Crippen LogP contribution in [-0.4, -0.2) is 32.0 Å². The molecule has 0 spiro atoms. The third-order valence-electron chi connectivity index (χ3n) is 3.31. The van der Waals surface area contributed by atoms with E-state index in [-0.39, 0.29) is 12.5 Å². The van der Waals surface area contributed by atoms with Crippen molar-refractivity contribution < 1.29 is 4.79 Å². The summed E-state index contributed by atoms with van der Waals surface area (Å²) in [6.45, 7) is 7.64. The SMILES string of the molecule is Cc1cc(C)n(CCCNC(=O)Cn2ncc(Br)c2C)n1. The lowest BCUT2D eigenvalue weighted by Gasteiger charge is -2.08. The molecule has 114 valence electrons. The average Bonchev–Trinajstić information content (AvgIpc) is 2.91. The zero-order chi connectivity index (χ0) is 15.4. The first kappa shape index (κ1) is 15.8. The Morgan fingerprint density at radius 3 is 2.67 bits per heavy atom. The van der Waals surface area contributed by atoms with Crippen LogP contribution in [-0.2, 0) is 17.9 Å². The Morgan fingerprint density at radius 1 is 1.33 bits per heavy atom. The van der Waals surface area contributed by atoms with E-state index in [1.54, 1.807) is 10.9 Å². The van der Waals surface area contributed by atoms with Crippen molar-refractivity contribution in [1.29, 1.82) is 0 Å². The van der Waals surface area contributed by atoms with Gasteiger partial charge in [0.25, 0.3) is 0 Å². The van der Waals surface area contributed by atoms with Gasteiger partial charge in [-0.1, -0.05) is 0 Å². The highest BCUT2D eigenvalue weighted by atomic mass is 79.9. The maximum atomic E-state index is 11.8. The number of hydrogen-bond donors (Lipinski definition) is 1. The number of halogens is 1. The smallest absolute Gasteiger partial charge is 0.241 e. The molecule has 2 rings (SSSR count). The number of aryl methyl sites for hydroxylation is 3. The summed E-state index contributed by atoms with van der Waals surface area (Å²) < 4.78 is 4.57. The van der Waals surface area contributed by atoms with Crippen LogP contribution in [0.25, 0.3) is 0 Å². The lowest BCUT2D eigenvalue weighted by atomic mass is 10.3. The highest BCUT2D eigenvalue weighted by molar-refractivity contribution is 9.10. The van der Waals surface area contributed by atoms with Crippen molar-refractivity contribution in [3.05, 3.63) is 33.8 Å². The van der Waals surface area contributed by atoms with Crippen molar-refractivity contribution in [2.24, 2.45) is 0 Å². The number of nitrogens with one attached hydrogen (secondary N) is 1. The zero-order valence-electron chi connectivity index (χ0n) is 12.6. The topological polar surface area (TPSA) is 64.7 Å². The van der Waals surface area contributed by atoms with Gasteiger partial charge in [0, 0.05) is 18.8 Å². The predicted octanol–water partition coefficient (Wildman–Crippen LogP) is 1.97. The lowest BCUT2D eigenvalue weighted by Crippen LogP contribution is -2.29. The molecule has 0 radical (unpaired) electrons. The molecule has 2 aromatic rings. The van der Waals surface area contributed by atoms with Crippen LogP contribution in [0.3, 0.4) is 0 Å². The number of amides is 1. The molecule has 1 N–H and O–H groups in total. The van der Waals surface area contributed by atoms with E-state index in [2.05, 4.69) is 37.5 Å². The standard InChI is InChI=1S/C14H20BrN5O/c1-10-7-11(2)19(18-10)6-4-5-16-14(21)9-20-12(3)13(15)8-17-20/h7-8H,4-6,9H2,1-3H3,(H,16,21). The van der Waals surface area contributed by atoms with Gasteiger partial charge in [-0.3, -0.25) is 14.2 Å². The summed E-state index contributed by atoms with van der Waals surface area (Å²) in [5, 5.41) is 11.4. The van der Waals surface area contributed by atoms with Gasteiger partial charge in [-0.15, -0.1) is 0 Å². The second kappa shape index (κ2) is 6.89. The molecule has 0 aliphatic rings. The molecule has 0 aliphatic carbocycles. The molecule has 1 amide bonds. The molecule has 0 aromatic carbocycles. The second-order valence-electron chi connectivity index (χ2n) is 5.09. The zero-order valence-corrected chi connectivity index (χ0v) is 14.1. The molecular formula is C14H20BrN5O. The van der Waals surface area contributed by atoms with E-state index >= 15 is 0 Å². The summed E-state index contributed by atoms with van der Waals surface area (Å²) in [7, 11) is 0. The van der Waals surface area contributed by atoms with Gasteiger partial charge in [-0.25, -0.2) is 0 Å². The molecule has 0 saturated heterocycles. The van der Waals surface area contributed by atoms with Crippen molar-refractivity contribution in [2.45, 2.75) is 40.3 Å². The normalized spacial score (nSPS) is 10.9. The van der Waals surface area contributed by atoms with Gasteiger partial charge in [0.2, 0.25) is 5.91 Å². The minimum Gasteiger partial charge on any atom is -0.354 e. The van der Waals surface area contributed by atoms with E-state index in [1.807, 2.05) is 25.5 Å². The van der Waals surface area contributed by atoms with Gasteiger partial charge in [0.1, 0.15) is 6.54 Å². The van der Waals surface area contributed by atoms with E-state index in [0.717, 1.165) is 34.5 Å². The Kier molecular flexibility index (Phi) is 5.17. The van der Waals surface area contributed by atoms with Gasteiger partial charge < -0.3 is 5.32 Å². The molecule has 0 bridgehead atoms. The number of nitrogens with zero attached hydrogens (tertiary/aromatic N) is 4. The summed E-state index contributed by atoms with van der Waals surface area (Å²) in [6, 6.07) is 2.05. The molecule has 0 fully saturated rings. The number of carbonyl (C=O) groups is 1. The van der Waals surface area contributed by atoms with E-state index in [0.29, 0.717) is 6.54 Å². The second-order valence-corrected chi connectivity index (χ2v) is 5.94. The van der Waals surface area contributed by atoms with Crippen molar-refractivity contribution in [3.8, 4) is 0 Å². The van der Waals surface area contributed by atoms with Crippen LogP contribution in [0.1, 0.15) is 23.5 Å². The molecule has 0 unspecified atom stereocenters. The van der Waals surface area contributed by atoms with Crippen LogP contribution in [0.15, 0.2) is 16.7 Å². The van der Waals surface area contributed by atoms with Crippen LogP contribution in [0.4, 0.5) is 0 Å². The van der Waals surface area contributed by atoms with Crippen LogP contribution in [0, 0.1) is 20.8 Å². The van der Waals surface area contributed by atoms with Gasteiger partial charge >= 0.3 is 0 Å². The van der Waals surface area contributed by atoms with E-state index in [4.69, 9.17) is 0 Å². The van der Waals surface area contributed by atoms with E-state index in [1.165, 1.54) is 0 Å². The summed E-state index contributed by atoms with van der Waals surface area (Å²) in [6.07, 6.45) is 2.56. The third kappa shape index (κ3) is 4.17. The van der Waals surface area contributed by atoms with Crippen molar-refractivity contribution in [3.63, 3.8) is 0 Å². The number of aromatic nitrogens is 4. The summed E-state index contributed by atoms with van der Waals surface area (Å²) in [5.74, 6) is -0.0259. The Hall–Kier alpha value is -1.63. The van der Waals surface area contributed by atoms with Crippen molar-refractivity contribution in [1.82, 2.24) is 24.9 Å². The molecule has 0 saturated carbocycles. The monoisotopic (exact) mass is 353 g/mol. The first-order valence-electron chi connectivity index (χ1n) is 6.93. The Morgan fingerprint density at radius 2 is 2.10 bits per heavy atom. The molecule has 2 aromatic heterocycles. The molecule has 7 heteroatoms. The molecule has 0 aliphatic heterocycles. The largest absolute Gasteiger partial charge is 0.354 e. The molecule has 0 atom stereocenters. The fourth-order valence-corrected chi connectivity index (χ4v) is 2.43. The Balaban J connectivity index is 1.72. The minimum absolute atomic E-state index is 0.0259. The predicted molar refractivity (Wildman–Crippen MR) is 84.0 cm³/mol. The Labute approximate surface area is 132 Å². The van der Waals surface area contributed by atoms with Gasteiger partial charge in [-0.2, -0.15) is 10.2 Å². The number of hydrogen-bond acceptors (Lipinski definition) is 3. The van der Waals surface area contributed by atoms with Crippen LogP contribution < -0.4 is 5.32 Å². The fourth-order valence-electron chi connectivity index (χ4n) is 2.13. The highest BCUT2D eigenvalue weighted by Crippen LogP contribution is 2.13. The highest BCUT2D eigenvalue weighted by Gasteiger charge is 2.08. The first-order valence-corrected chi connectivity index (χ1v) is 7.72. The molecule has 21 heavy (non-hydrogen) atoms. The first-order chi connectivity index (χ1) is 9.97. The van der Waals surface area contributed by atoms with Gasteiger partial charge in [-0.05, 0) is 49.2 Å². The summed E-state index contributed by atoms with van der Waals surface area (Å²) >= 11 is 3.38. The lowest BCUT2D eigenvalue weighted by molar-refractivity contribution is -0.121. The molecule has 2 heterocycles. The maximum absolute atomic E-state index is 11.8. The average molecular weight is 354 g/mol. The summed E-state index contributed by atoms with van der Waals surface area (Å²) in [4.78, 5) is 11.8. The van der Waals surface area contributed by atoms with Crippen molar-refractivity contribution >= 4 is 21.8 Å². The Bertz CT molecular complexity index is 631.